The van der Waals surface area contributed by atoms with Crippen molar-refractivity contribution in [2.75, 3.05) is 12.4 Å². The monoisotopic (exact) mass is 469 g/mol. The number of hydrogen-bond acceptors (Lipinski definition) is 8. The Kier molecular flexibility index (Phi) is 12.2. The van der Waals surface area contributed by atoms with Gasteiger partial charge in [-0.15, -0.1) is 24.7 Å². The van der Waals surface area contributed by atoms with E-state index in [1.54, 1.807) is 11.7 Å². The standard InChI is InChI=1S/C13H15F3N4O2.C4H4.C3H7N3O/c1-8(2)20-12(18-11(17-3)19-20)21-9-4-6-10(7-5-9)22-13(14,15)16;1-3-4-2;1-2(4)7-3(5)6/h4-8H,1-3H3,(H,17,19);1,4H,2H2;4H,1H3,(H3,5,6). The molecular weight excluding hydrogens is 443 g/mol. The SMILES string of the molecule is C#CC=C.CC(=N)OC(=N)N.CNc1nc(Oc2ccc(OC(F)(F)F)cc2)n(C(C)C)n1. The van der Waals surface area contributed by atoms with Crippen LogP contribution in [0.3, 0.4) is 0 Å². The van der Waals surface area contributed by atoms with Gasteiger partial charge in [-0.2, -0.15) is 4.98 Å². The summed E-state index contributed by atoms with van der Waals surface area (Å²) in [6.45, 7) is 8.46. The van der Waals surface area contributed by atoms with Crippen LogP contribution < -0.4 is 20.5 Å². The summed E-state index contributed by atoms with van der Waals surface area (Å²) < 4.78 is 51.4. The molecule has 0 amide bonds. The lowest BCUT2D eigenvalue weighted by Crippen LogP contribution is -2.16. The summed E-state index contributed by atoms with van der Waals surface area (Å²) in [4.78, 5) is 4.13. The third kappa shape index (κ3) is 12.9. The summed E-state index contributed by atoms with van der Waals surface area (Å²) in [6, 6.07) is 4.86. The Bertz CT molecular complexity index is 937. The topological polar surface area (TPSA) is 144 Å². The molecule has 1 aromatic heterocycles. The molecule has 2 aromatic rings. The Morgan fingerprint density at radius 2 is 1.79 bits per heavy atom. The number of rotatable bonds is 5. The summed E-state index contributed by atoms with van der Waals surface area (Å²) in [7, 11) is 1.67. The van der Waals surface area contributed by atoms with Crippen LogP contribution in [0.4, 0.5) is 19.1 Å². The summed E-state index contributed by atoms with van der Waals surface area (Å²) in [6.07, 6.45) is 1.34. The van der Waals surface area contributed by atoms with Gasteiger partial charge in [-0.05, 0) is 44.2 Å². The van der Waals surface area contributed by atoms with Gasteiger partial charge in [0, 0.05) is 14.0 Å². The molecule has 0 radical (unpaired) electrons. The minimum Gasteiger partial charge on any atom is -0.424 e. The van der Waals surface area contributed by atoms with E-state index in [2.05, 4.69) is 43.8 Å². The molecule has 0 aliphatic carbocycles. The molecule has 2 rings (SSSR count). The van der Waals surface area contributed by atoms with Crippen LogP contribution in [0.25, 0.3) is 0 Å². The molecule has 180 valence electrons. The van der Waals surface area contributed by atoms with Crippen molar-refractivity contribution >= 4 is 17.9 Å². The van der Waals surface area contributed by atoms with Crippen LogP contribution in [0.5, 0.6) is 17.5 Å². The number of terminal acetylenes is 1. The highest BCUT2D eigenvalue weighted by atomic mass is 19.4. The number of halogens is 3. The van der Waals surface area contributed by atoms with Gasteiger partial charge in [0.2, 0.25) is 5.95 Å². The zero-order valence-corrected chi connectivity index (χ0v) is 18.5. The lowest BCUT2D eigenvalue weighted by molar-refractivity contribution is -0.274. The van der Waals surface area contributed by atoms with Crippen LogP contribution >= 0.6 is 0 Å². The molecule has 0 aliphatic heterocycles. The molecule has 0 bridgehead atoms. The van der Waals surface area contributed by atoms with Crippen LogP contribution in [0.2, 0.25) is 0 Å². The number of alkyl halides is 3. The molecule has 13 heteroatoms. The molecule has 0 aliphatic rings. The molecule has 0 unspecified atom stereocenters. The second-order valence-electron chi connectivity index (χ2n) is 6.02. The quantitative estimate of drug-likeness (QED) is 0.290. The predicted octanol–water partition coefficient (Wildman–Crippen LogP) is 4.29. The number of aromatic nitrogens is 3. The number of allylic oxidation sites excluding steroid dienone is 1. The van der Waals surface area contributed by atoms with Crippen molar-refractivity contribution in [1.82, 2.24) is 14.8 Å². The van der Waals surface area contributed by atoms with Gasteiger partial charge in [-0.1, -0.05) is 12.5 Å². The fourth-order valence-corrected chi connectivity index (χ4v) is 1.80. The Hall–Kier alpha value is -4.21. The number of nitrogens with two attached hydrogens (primary N) is 1. The van der Waals surface area contributed by atoms with E-state index in [1.165, 1.54) is 25.1 Å². The number of nitrogens with one attached hydrogen (secondary N) is 3. The van der Waals surface area contributed by atoms with Crippen LogP contribution in [-0.4, -0.2) is 40.1 Å². The van der Waals surface area contributed by atoms with E-state index < -0.39 is 12.4 Å². The molecule has 1 heterocycles. The first-order valence-corrected chi connectivity index (χ1v) is 9.14. The minimum atomic E-state index is -4.72. The fraction of sp³-hybridized carbons (Fsp3) is 0.300. The minimum absolute atomic E-state index is 0.0115. The highest BCUT2D eigenvalue weighted by Crippen LogP contribution is 2.28. The molecule has 0 saturated heterocycles. The molecule has 33 heavy (non-hydrogen) atoms. The Balaban J connectivity index is 0.000000776. The van der Waals surface area contributed by atoms with E-state index in [0.717, 1.165) is 12.1 Å². The van der Waals surface area contributed by atoms with Crippen LogP contribution in [-0.2, 0) is 4.74 Å². The second kappa shape index (κ2) is 14.0. The Labute approximate surface area is 189 Å². The highest BCUT2D eigenvalue weighted by molar-refractivity contribution is 5.84. The van der Waals surface area contributed by atoms with Crippen LogP contribution in [0.1, 0.15) is 26.8 Å². The van der Waals surface area contributed by atoms with Gasteiger partial charge in [-0.25, -0.2) is 4.68 Å². The zero-order valence-electron chi connectivity index (χ0n) is 18.5. The van der Waals surface area contributed by atoms with Gasteiger partial charge < -0.3 is 25.3 Å². The average Bonchev–Trinajstić information content (AvgIpc) is 3.11. The van der Waals surface area contributed by atoms with Crippen LogP contribution in [0.15, 0.2) is 36.9 Å². The third-order valence-corrected chi connectivity index (χ3v) is 2.96. The van der Waals surface area contributed by atoms with Gasteiger partial charge in [0.1, 0.15) is 11.5 Å². The average molecular weight is 469 g/mol. The predicted molar refractivity (Wildman–Crippen MR) is 119 cm³/mol. The molecule has 0 fully saturated rings. The van der Waals surface area contributed by atoms with E-state index in [4.69, 9.17) is 21.3 Å². The zero-order chi connectivity index (χ0) is 25.6. The van der Waals surface area contributed by atoms with E-state index >= 15 is 0 Å². The van der Waals surface area contributed by atoms with Gasteiger partial charge in [0.15, 0.2) is 5.90 Å². The van der Waals surface area contributed by atoms with E-state index in [9.17, 15) is 13.2 Å². The number of benzene rings is 1. The lowest BCUT2D eigenvalue weighted by atomic mass is 10.3. The largest absolute Gasteiger partial charge is 0.573 e. The maximum Gasteiger partial charge on any atom is 0.573 e. The van der Waals surface area contributed by atoms with E-state index in [1.807, 2.05) is 13.8 Å². The van der Waals surface area contributed by atoms with Crippen molar-refractivity contribution in [1.29, 1.82) is 10.8 Å². The Morgan fingerprint density at radius 3 is 2.12 bits per heavy atom. The summed E-state index contributed by atoms with van der Waals surface area (Å²) in [5, 5.41) is 20.0. The van der Waals surface area contributed by atoms with Crippen molar-refractivity contribution in [2.45, 2.75) is 33.2 Å². The first-order valence-electron chi connectivity index (χ1n) is 9.14. The molecule has 0 saturated carbocycles. The van der Waals surface area contributed by atoms with Crippen molar-refractivity contribution < 1.29 is 27.4 Å². The molecule has 5 N–H and O–H groups in total. The smallest absolute Gasteiger partial charge is 0.424 e. The highest BCUT2D eigenvalue weighted by Gasteiger charge is 2.31. The maximum absolute atomic E-state index is 12.1. The van der Waals surface area contributed by atoms with Gasteiger partial charge >= 0.3 is 12.4 Å². The second-order valence-corrected chi connectivity index (χ2v) is 6.02. The number of hydrogen-bond donors (Lipinski definition) is 4. The molecule has 0 spiro atoms. The van der Waals surface area contributed by atoms with Gasteiger partial charge in [0.05, 0.1) is 6.04 Å². The van der Waals surface area contributed by atoms with E-state index in [-0.39, 0.29) is 23.7 Å². The van der Waals surface area contributed by atoms with Crippen molar-refractivity contribution in [3.8, 4) is 29.9 Å². The first-order chi connectivity index (χ1) is 15.3. The van der Waals surface area contributed by atoms with Crippen molar-refractivity contribution in [3.63, 3.8) is 0 Å². The summed E-state index contributed by atoms with van der Waals surface area (Å²) in [5.41, 5.74) is 4.71. The molecule has 0 atom stereocenters. The first kappa shape index (κ1) is 28.8. The number of ether oxygens (including phenoxy) is 3. The fourth-order valence-electron chi connectivity index (χ4n) is 1.80. The van der Waals surface area contributed by atoms with E-state index in [0.29, 0.717) is 11.7 Å². The van der Waals surface area contributed by atoms with Gasteiger partial charge in [0.25, 0.3) is 6.02 Å². The number of anilines is 1. The Morgan fingerprint density at radius 1 is 1.27 bits per heavy atom. The van der Waals surface area contributed by atoms with Gasteiger partial charge in [-0.3, -0.25) is 10.8 Å². The molecule has 1 aromatic carbocycles. The third-order valence-electron chi connectivity index (χ3n) is 2.96. The maximum atomic E-state index is 12.1. The lowest BCUT2D eigenvalue weighted by Gasteiger charge is -2.11. The number of nitrogens with zero attached hydrogens (tertiary/aromatic N) is 3. The number of amidine groups is 1. The molecule has 10 nitrogen and oxygen atoms in total. The summed E-state index contributed by atoms with van der Waals surface area (Å²) in [5.74, 6) is 2.53. The molecular formula is C20H26F3N7O3. The summed E-state index contributed by atoms with van der Waals surface area (Å²) >= 11 is 0. The normalized spacial score (nSPS) is 9.79. The van der Waals surface area contributed by atoms with Crippen molar-refractivity contribution in [2.24, 2.45) is 5.73 Å². The van der Waals surface area contributed by atoms with Crippen LogP contribution in [0, 0.1) is 23.2 Å². The van der Waals surface area contributed by atoms with Crippen molar-refractivity contribution in [3.05, 3.63) is 36.9 Å².